The molecule has 0 saturated carbocycles. The quantitative estimate of drug-likeness (QED) is 0.318. The molecule has 9 heteroatoms. The number of benzene rings is 1. The van der Waals surface area contributed by atoms with Crippen molar-refractivity contribution in [3.05, 3.63) is 54.0 Å². The van der Waals surface area contributed by atoms with Crippen molar-refractivity contribution < 1.29 is 14.0 Å². The van der Waals surface area contributed by atoms with E-state index in [4.69, 9.17) is 5.73 Å². The summed E-state index contributed by atoms with van der Waals surface area (Å²) in [5.74, 6) is -1.33. The molecule has 1 aromatic carbocycles. The minimum atomic E-state index is -0.817. The molecular formula is C21H23FN6O2. The van der Waals surface area contributed by atoms with Crippen LogP contribution in [0.3, 0.4) is 0 Å². The SMILES string of the molecule is CC(C)C[C@H](NC=O)Nc1nc(Nc2ccc3ncccc3c2)c(C(N)=O)cc1F. The summed E-state index contributed by atoms with van der Waals surface area (Å²) in [5.41, 5.74) is 6.77. The third kappa shape index (κ3) is 4.99. The van der Waals surface area contributed by atoms with Crippen LogP contribution >= 0.6 is 0 Å². The first-order valence-corrected chi connectivity index (χ1v) is 9.45. The van der Waals surface area contributed by atoms with Gasteiger partial charge in [-0.3, -0.25) is 14.6 Å². The molecule has 0 unspecified atom stereocenters. The molecule has 0 aliphatic carbocycles. The minimum Gasteiger partial charge on any atom is -0.365 e. The van der Waals surface area contributed by atoms with Crippen LogP contribution in [0.4, 0.5) is 21.7 Å². The highest BCUT2D eigenvalue weighted by atomic mass is 19.1. The molecule has 5 N–H and O–H groups in total. The van der Waals surface area contributed by atoms with Crippen LogP contribution in [0.25, 0.3) is 10.9 Å². The highest BCUT2D eigenvalue weighted by Gasteiger charge is 2.19. The molecule has 0 saturated heterocycles. The number of primary amides is 1. The summed E-state index contributed by atoms with van der Waals surface area (Å²) in [6.07, 6.45) is 2.26. The van der Waals surface area contributed by atoms with Gasteiger partial charge in [0.1, 0.15) is 12.0 Å². The van der Waals surface area contributed by atoms with E-state index >= 15 is 0 Å². The number of aromatic nitrogens is 2. The van der Waals surface area contributed by atoms with Gasteiger partial charge in [0.25, 0.3) is 5.91 Å². The summed E-state index contributed by atoms with van der Waals surface area (Å²) in [5, 5.41) is 9.38. The van der Waals surface area contributed by atoms with Crippen LogP contribution in [0.5, 0.6) is 0 Å². The highest BCUT2D eigenvalue weighted by Crippen LogP contribution is 2.26. The second-order valence-electron chi connectivity index (χ2n) is 7.23. The van der Waals surface area contributed by atoms with E-state index < -0.39 is 17.9 Å². The van der Waals surface area contributed by atoms with E-state index in [-0.39, 0.29) is 23.1 Å². The number of nitrogens with two attached hydrogens (primary N) is 1. The van der Waals surface area contributed by atoms with Gasteiger partial charge in [-0.2, -0.15) is 0 Å². The van der Waals surface area contributed by atoms with Crippen molar-refractivity contribution in [3.8, 4) is 0 Å². The van der Waals surface area contributed by atoms with Crippen LogP contribution < -0.4 is 21.7 Å². The molecule has 0 spiro atoms. The number of carbonyl (C=O) groups excluding carboxylic acids is 2. The number of carbonyl (C=O) groups is 2. The van der Waals surface area contributed by atoms with Crippen molar-refractivity contribution >= 4 is 40.5 Å². The molecule has 0 bridgehead atoms. The molecular weight excluding hydrogens is 387 g/mol. The number of rotatable bonds is 9. The van der Waals surface area contributed by atoms with Crippen molar-refractivity contribution in [2.75, 3.05) is 10.6 Å². The Morgan fingerprint density at radius 3 is 2.73 bits per heavy atom. The number of halogens is 1. The predicted molar refractivity (Wildman–Crippen MR) is 114 cm³/mol. The molecule has 30 heavy (non-hydrogen) atoms. The van der Waals surface area contributed by atoms with Gasteiger partial charge in [-0.1, -0.05) is 19.9 Å². The van der Waals surface area contributed by atoms with Gasteiger partial charge in [0.05, 0.1) is 11.1 Å². The van der Waals surface area contributed by atoms with E-state index in [0.29, 0.717) is 18.5 Å². The van der Waals surface area contributed by atoms with Gasteiger partial charge in [0, 0.05) is 17.3 Å². The van der Waals surface area contributed by atoms with Crippen LogP contribution in [0.2, 0.25) is 0 Å². The molecule has 0 aliphatic heterocycles. The average molecular weight is 410 g/mol. The Balaban J connectivity index is 1.95. The largest absolute Gasteiger partial charge is 0.365 e. The number of fused-ring (bicyclic) bond motifs is 1. The summed E-state index contributed by atoms with van der Waals surface area (Å²) >= 11 is 0. The number of pyridine rings is 2. The van der Waals surface area contributed by atoms with Crippen molar-refractivity contribution in [2.24, 2.45) is 11.7 Å². The number of hydrogen-bond acceptors (Lipinski definition) is 6. The number of nitrogens with zero attached hydrogens (tertiary/aromatic N) is 2. The first kappa shape index (κ1) is 21.0. The summed E-state index contributed by atoms with van der Waals surface area (Å²) in [6, 6.07) is 10.2. The fourth-order valence-corrected chi connectivity index (χ4v) is 3.05. The van der Waals surface area contributed by atoms with Crippen LogP contribution in [-0.2, 0) is 4.79 Å². The van der Waals surface area contributed by atoms with Gasteiger partial charge in [-0.05, 0) is 42.7 Å². The Kier molecular flexibility index (Phi) is 6.41. The zero-order valence-electron chi connectivity index (χ0n) is 16.6. The summed E-state index contributed by atoms with van der Waals surface area (Å²) < 4.78 is 14.6. The Morgan fingerprint density at radius 2 is 2.03 bits per heavy atom. The van der Waals surface area contributed by atoms with Gasteiger partial charge in [-0.25, -0.2) is 9.37 Å². The molecule has 156 valence electrons. The van der Waals surface area contributed by atoms with Crippen LogP contribution in [-0.4, -0.2) is 28.5 Å². The van der Waals surface area contributed by atoms with Gasteiger partial charge < -0.3 is 21.7 Å². The zero-order chi connectivity index (χ0) is 21.7. The van der Waals surface area contributed by atoms with Crippen molar-refractivity contribution in [2.45, 2.75) is 26.4 Å². The average Bonchev–Trinajstić information content (AvgIpc) is 2.69. The van der Waals surface area contributed by atoms with Crippen LogP contribution in [0.1, 0.15) is 30.6 Å². The monoisotopic (exact) mass is 410 g/mol. The molecule has 2 amide bonds. The van der Waals surface area contributed by atoms with Crippen LogP contribution in [0.15, 0.2) is 42.6 Å². The van der Waals surface area contributed by atoms with E-state index in [1.54, 1.807) is 12.3 Å². The number of anilines is 3. The molecule has 0 radical (unpaired) electrons. The number of hydrogen-bond donors (Lipinski definition) is 4. The maximum Gasteiger partial charge on any atom is 0.252 e. The van der Waals surface area contributed by atoms with Gasteiger partial charge in [-0.15, -0.1) is 0 Å². The second-order valence-corrected chi connectivity index (χ2v) is 7.23. The highest BCUT2D eigenvalue weighted by molar-refractivity contribution is 5.99. The second kappa shape index (κ2) is 9.17. The molecule has 3 rings (SSSR count). The Morgan fingerprint density at radius 1 is 1.23 bits per heavy atom. The molecule has 0 aliphatic rings. The predicted octanol–water partition coefficient (Wildman–Crippen LogP) is 3.14. The Bertz CT molecular complexity index is 1070. The molecule has 8 nitrogen and oxygen atoms in total. The fourth-order valence-electron chi connectivity index (χ4n) is 3.05. The summed E-state index contributed by atoms with van der Waals surface area (Å²) in [7, 11) is 0. The van der Waals surface area contributed by atoms with E-state index in [9.17, 15) is 14.0 Å². The zero-order valence-corrected chi connectivity index (χ0v) is 16.6. The molecule has 2 aromatic heterocycles. The smallest absolute Gasteiger partial charge is 0.252 e. The number of amides is 2. The first-order valence-electron chi connectivity index (χ1n) is 9.45. The lowest BCUT2D eigenvalue weighted by Gasteiger charge is -2.21. The summed E-state index contributed by atoms with van der Waals surface area (Å²) in [6.45, 7) is 3.95. The van der Waals surface area contributed by atoms with E-state index in [1.807, 2.05) is 38.1 Å². The van der Waals surface area contributed by atoms with Crippen molar-refractivity contribution in [3.63, 3.8) is 0 Å². The van der Waals surface area contributed by atoms with Gasteiger partial charge in [0.2, 0.25) is 6.41 Å². The first-order chi connectivity index (χ1) is 14.4. The normalized spacial score (nSPS) is 11.9. The summed E-state index contributed by atoms with van der Waals surface area (Å²) in [4.78, 5) is 31.2. The molecule has 1 atom stereocenters. The lowest BCUT2D eigenvalue weighted by molar-refractivity contribution is -0.110. The lowest BCUT2D eigenvalue weighted by Crippen LogP contribution is -2.37. The molecule has 3 aromatic rings. The third-order valence-electron chi connectivity index (χ3n) is 4.39. The van der Waals surface area contributed by atoms with Crippen molar-refractivity contribution in [1.82, 2.24) is 15.3 Å². The van der Waals surface area contributed by atoms with Gasteiger partial charge >= 0.3 is 0 Å². The lowest BCUT2D eigenvalue weighted by atomic mass is 10.1. The van der Waals surface area contributed by atoms with Gasteiger partial charge in [0.15, 0.2) is 11.6 Å². The Hall–Kier alpha value is -3.75. The van der Waals surface area contributed by atoms with Crippen molar-refractivity contribution in [1.29, 1.82) is 0 Å². The third-order valence-corrected chi connectivity index (χ3v) is 4.39. The minimum absolute atomic E-state index is 0.0897. The molecule has 2 heterocycles. The maximum absolute atomic E-state index is 14.6. The van der Waals surface area contributed by atoms with Crippen LogP contribution in [0, 0.1) is 11.7 Å². The van der Waals surface area contributed by atoms with E-state index in [1.165, 1.54) is 0 Å². The number of nitrogens with one attached hydrogen (secondary N) is 3. The fraction of sp³-hybridized carbons (Fsp3) is 0.238. The standard InChI is InChI=1S/C21H23FN6O2/c1-12(2)8-18(25-11-29)27-21-16(22)10-15(19(23)30)20(28-21)26-14-5-6-17-13(9-14)4-3-7-24-17/h3-7,9-12,18H,8H2,1-2H3,(H2,23,30)(H,25,29)(H2,26,27,28)/t18-/m1/s1. The van der Waals surface area contributed by atoms with E-state index in [0.717, 1.165) is 17.0 Å². The topological polar surface area (TPSA) is 122 Å². The maximum atomic E-state index is 14.6. The van der Waals surface area contributed by atoms with E-state index in [2.05, 4.69) is 25.9 Å². The Labute approximate surface area is 173 Å². The molecule has 0 fully saturated rings.